The van der Waals surface area contributed by atoms with E-state index >= 15 is 0 Å². The number of nitrogens with zero attached hydrogens (tertiary/aromatic N) is 4. The quantitative estimate of drug-likeness (QED) is 0.199. The van der Waals surface area contributed by atoms with E-state index in [4.69, 9.17) is 4.12 Å². The highest BCUT2D eigenvalue weighted by atomic mass is 28.4. The molecule has 39 heavy (non-hydrogen) atoms. The molecule has 2 radical (unpaired) electrons. The first-order chi connectivity index (χ1) is 18.6. The molecule has 0 spiro atoms. The van der Waals surface area contributed by atoms with Gasteiger partial charge in [-0.15, -0.1) is 0 Å². The maximum absolute atomic E-state index is 13.7. The highest BCUT2D eigenvalue weighted by molar-refractivity contribution is 6.57. The Labute approximate surface area is 228 Å². The third-order valence-corrected chi connectivity index (χ3v) is 9.79. The second-order valence-electron chi connectivity index (χ2n) is 9.22. The van der Waals surface area contributed by atoms with Gasteiger partial charge in [0, 0.05) is 26.2 Å². The minimum atomic E-state index is -2.10. The summed E-state index contributed by atoms with van der Waals surface area (Å²) in [4.78, 5) is 67.8. The van der Waals surface area contributed by atoms with Gasteiger partial charge in [-0.2, -0.15) is 8.78 Å². The minimum absolute atomic E-state index is 0.105. The molecule has 2 rings (SSSR count). The van der Waals surface area contributed by atoms with Gasteiger partial charge in [0.1, 0.15) is 0 Å². The predicted octanol–water partition coefficient (Wildman–Crippen LogP) is 1.45. The summed E-state index contributed by atoms with van der Waals surface area (Å²) in [5, 5.41) is 0. The Bertz CT molecular complexity index is 1200. The van der Waals surface area contributed by atoms with Crippen molar-refractivity contribution in [2.75, 3.05) is 0 Å². The second kappa shape index (κ2) is 16.6. The molecule has 0 aliphatic heterocycles. The van der Waals surface area contributed by atoms with Crippen molar-refractivity contribution in [2.45, 2.75) is 103 Å². The van der Waals surface area contributed by atoms with Crippen LogP contribution in [0.2, 0.25) is 12.1 Å². The number of aryl methyl sites for hydroxylation is 2. The standard InChI is InChI=1S/C24H38F2N4O7Si2/c1-3-29-21(31)19(25)17-27(23(29)33)13-9-5-7-11-15-38(35)37-39(36)16-12-8-6-10-14-28-18-20(26)22(32)30(4-2)24(28)34/h17-18,35-36H,3-16H2,1-2H3. The molecule has 0 atom stereocenters. The van der Waals surface area contributed by atoms with Crippen molar-refractivity contribution in [1.29, 1.82) is 0 Å². The van der Waals surface area contributed by atoms with Gasteiger partial charge in [-0.05, 0) is 38.8 Å². The van der Waals surface area contributed by atoms with Crippen LogP contribution in [0, 0.1) is 11.6 Å². The van der Waals surface area contributed by atoms with E-state index in [-0.39, 0.29) is 13.1 Å². The lowest BCUT2D eigenvalue weighted by Gasteiger charge is -2.13. The molecule has 0 aromatic carbocycles. The van der Waals surface area contributed by atoms with E-state index in [1.807, 2.05) is 0 Å². The van der Waals surface area contributed by atoms with Gasteiger partial charge >= 0.3 is 29.9 Å². The molecule has 0 fully saturated rings. The molecule has 2 aromatic heterocycles. The van der Waals surface area contributed by atoms with Crippen molar-refractivity contribution in [3.8, 4) is 0 Å². The Morgan fingerprint density at radius 3 is 1.38 bits per heavy atom. The first-order valence-corrected chi connectivity index (χ1v) is 16.5. The Morgan fingerprint density at radius 2 is 1.03 bits per heavy atom. The molecular formula is C24H38F2N4O7Si2. The zero-order chi connectivity index (χ0) is 28.9. The van der Waals surface area contributed by atoms with Gasteiger partial charge < -0.3 is 13.7 Å². The van der Waals surface area contributed by atoms with Crippen molar-refractivity contribution in [1.82, 2.24) is 18.3 Å². The van der Waals surface area contributed by atoms with Crippen LogP contribution >= 0.6 is 0 Å². The van der Waals surface area contributed by atoms with Gasteiger partial charge in [-0.1, -0.05) is 38.5 Å². The molecule has 0 saturated carbocycles. The number of aromatic nitrogens is 4. The molecule has 15 heteroatoms. The van der Waals surface area contributed by atoms with E-state index in [0.29, 0.717) is 50.9 Å². The number of hydrogen-bond acceptors (Lipinski definition) is 7. The van der Waals surface area contributed by atoms with Crippen LogP contribution in [0.4, 0.5) is 8.78 Å². The molecule has 2 heterocycles. The van der Waals surface area contributed by atoms with Crippen molar-refractivity contribution in [3.05, 3.63) is 65.7 Å². The molecule has 2 aromatic rings. The van der Waals surface area contributed by atoms with E-state index < -0.39 is 52.7 Å². The van der Waals surface area contributed by atoms with E-state index in [1.54, 1.807) is 13.8 Å². The van der Waals surface area contributed by atoms with Crippen LogP contribution in [-0.2, 0) is 30.3 Å². The lowest BCUT2D eigenvalue weighted by Crippen LogP contribution is -2.40. The fraction of sp³-hybridized carbons (Fsp3) is 0.667. The number of halogens is 2. The molecule has 0 aliphatic carbocycles. The monoisotopic (exact) mass is 588 g/mol. The van der Waals surface area contributed by atoms with Gasteiger partial charge in [0.05, 0.1) is 12.4 Å². The van der Waals surface area contributed by atoms with Crippen LogP contribution in [-0.4, -0.2) is 46.4 Å². The molecule has 0 aliphatic rings. The van der Waals surface area contributed by atoms with E-state index in [2.05, 4.69) is 0 Å². The van der Waals surface area contributed by atoms with Crippen LogP contribution in [0.3, 0.4) is 0 Å². The summed E-state index contributed by atoms with van der Waals surface area (Å²) in [6.07, 6.45) is 7.59. The average Bonchev–Trinajstić information content (AvgIpc) is 2.89. The predicted molar refractivity (Wildman–Crippen MR) is 145 cm³/mol. The smallest absolute Gasteiger partial charge is 0.372 e. The molecule has 0 saturated heterocycles. The fourth-order valence-corrected chi connectivity index (χ4v) is 7.19. The second-order valence-corrected chi connectivity index (χ2v) is 12.6. The third-order valence-electron chi connectivity index (χ3n) is 6.34. The number of hydrogen-bond donors (Lipinski definition) is 2. The average molecular weight is 589 g/mol. The van der Waals surface area contributed by atoms with Crippen molar-refractivity contribution < 1.29 is 22.5 Å². The summed E-state index contributed by atoms with van der Waals surface area (Å²) in [5.41, 5.74) is -2.88. The summed E-state index contributed by atoms with van der Waals surface area (Å²) < 4.78 is 37.0. The van der Waals surface area contributed by atoms with Crippen LogP contribution in [0.1, 0.15) is 65.2 Å². The van der Waals surface area contributed by atoms with E-state index in [1.165, 1.54) is 9.13 Å². The van der Waals surface area contributed by atoms with Gasteiger partial charge in [0.25, 0.3) is 11.1 Å². The van der Waals surface area contributed by atoms with Crippen LogP contribution < -0.4 is 22.5 Å². The van der Waals surface area contributed by atoms with Crippen LogP contribution in [0.5, 0.6) is 0 Å². The summed E-state index contributed by atoms with van der Waals surface area (Å²) in [6.45, 7) is 4.02. The normalized spacial score (nSPS) is 11.7. The highest BCUT2D eigenvalue weighted by Crippen LogP contribution is 2.11. The summed E-state index contributed by atoms with van der Waals surface area (Å²) in [5.74, 6) is -1.90. The van der Waals surface area contributed by atoms with Gasteiger partial charge in [-0.3, -0.25) is 27.9 Å². The zero-order valence-electron chi connectivity index (χ0n) is 22.5. The number of rotatable bonds is 18. The third kappa shape index (κ3) is 9.90. The Kier molecular flexibility index (Phi) is 13.9. The fourth-order valence-electron chi connectivity index (χ4n) is 4.18. The molecule has 0 unspecified atom stereocenters. The summed E-state index contributed by atoms with van der Waals surface area (Å²) >= 11 is 0. The maximum atomic E-state index is 13.7. The first kappa shape index (κ1) is 32.7. The van der Waals surface area contributed by atoms with Gasteiger partial charge in [0.2, 0.25) is 11.6 Å². The molecule has 218 valence electrons. The maximum Gasteiger partial charge on any atom is 0.372 e. The molecular weight excluding hydrogens is 550 g/mol. The van der Waals surface area contributed by atoms with E-state index in [9.17, 15) is 37.6 Å². The first-order valence-electron chi connectivity index (χ1n) is 13.4. The summed E-state index contributed by atoms with van der Waals surface area (Å²) in [7, 11) is -4.21. The zero-order valence-corrected chi connectivity index (χ0v) is 24.5. The van der Waals surface area contributed by atoms with Gasteiger partial charge in [0.15, 0.2) is 0 Å². The number of unbranched alkanes of at least 4 members (excludes halogenated alkanes) is 6. The molecule has 0 bridgehead atoms. The van der Waals surface area contributed by atoms with Gasteiger partial charge in [-0.25, -0.2) is 9.59 Å². The van der Waals surface area contributed by atoms with Crippen molar-refractivity contribution >= 4 is 18.6 Å². The lowest BCUT2D eigenvalue weighted by atomic mass is 10.2. The molecule has 0 amide bonds. The summed E-state index contributed by atoms with van der Waals surface area (Å²) in [6, 6.07) is 0.916. The highest BCUT2D eigenvalue weighted by Gasteiger charge is 2.19. The Hall–Kier alpha value is -2.47. The Balaban J connectivity index is 1.57. The van der Waals surface area contributed by atoms with Crippen molar-refractivity contribution in [3.63, 3.8) is 0 Å². The lowest BCUT2D eigenvalue weighted by molar-refractivity contribution is 0.349. The molecule has 2 N–H and O–H groups in total. The van der Waals surface area contributed by atoms with Crippen molar-refractivity contribution in [2.24, 2.45) is 0 Å². The molecule has 11 nitrogen and oxygen atoms in total. The van der Waals surface area contributed by atoms with Crippen LogP contribution in [0.25, 0.3) is 0 Å². The minimum Gasteiger partial charge on any atom is -0.413 e. The SMILES string of the molecule is CCn1c(=O)c(F)cn(CCCCCC[Si](O)O[Si](O)CCCCCCn2cc(F)c(=O)n(CC)c2=O)c1=O. The van der Waals surface area contributed by atoms with E-state index in [0.717, 1.165) is 47.2 Å². The Morgan fingerprint density at radius 1 is 0.667 bits per heavy atom. The van der Waals surface area contributed by atoms with Crippen LogP contribution in [0.15, 0.2) is 31.6 Å². The largest absolute Gasteiger partial charge is 0.413 e. The topological polar surface area (TPSA) is 138 Å².